The van der Waals surface area contributed by atoms with Crippen LogP contribution in [0.1, 0.15) is 63.1 Å². The van der Waals surface area contributed by atoms with Crippen molar-refractivity contribution in [3.8, 4) is 16.9 Å². The van der Waals surface area contributed by atoms with Crippen molar-refractivity contribution in [1.82, 2.24) is 24.4 Å². The molecular weight excluding hydrogens is 436 g/mol. The maximum absolute atomic E-state index is 13.9. The second-order valence-electron chi connectivity index (χ2n) is 9.26. The van der Waals surface area contributed by atoms with Crippen LogP contribution in [0.2, 0.25) is 0 Å². The molecule has 0 amide bonds. The Morgan fingerprint density at radius 1 is 1.06 bits per heavy atom. The highest BCUT2D eigenvalue weighted by Crippen LogP contribution is 2.31. The Balaban J connectivity index is 1.46. The van der Waals surface area contributed by atoms with E-state index in [1.807, 2.05) is 30.3 Å². The lowest BCUT2D eigenvalue weighted by molar-refractivity contribution is 0.146. The van der Waals surface area contributed by atoms with Gasteiger partial charge in [-0.25, -0.2) is 23.0 Å². The minimum absolute atomic E-state index is 0.0984. The number of alkyl halides is 2. The summed E-state index contributed by atoms with van der Waals surface area (Å²) >= 11 is 0. The summed E-state index contributed by atoms with van der Waals surface area (Å²) < 4.78 is 30.8. The van der Waals surface area contributed by atoms with Crippen LogP contribution in [0, 0.1) is 0 Å². The van der Waals surface area contributed by atoms with E-state index in [2.05, 4.69) is 34.3 Å². The summed E-state index contributed by atoms with van der Waals surface area (Å²) in [5.41, 5.74) is 9.10. The minimum atomic E-state index is -2.73. The SMILES string of the molecule is CC(C)c1ccc(-n2cc(-c3cc4nc(N[C@H]5CCCC[C@H]5N)ccn4n3)c(C(F)F)n2)cc1. The van der Waals surface area contributed by atoms with Crippen LogP contribution < -0.4 is 11.1 Å². The van der Waals surface area contributed by atoms with Crippen molar-refractivity contribution in [2.24, 2.45) is 5.73 Å². The van der Waals surface area contributed by atoms with Crippen LogP contribution in [0.15, 0.2) is 48.8 Å². The summed E-state index contributed by atoms with van der Waals surface area (Å²) in [6, 6.07) is 11.6. The number of benzene rings is 1. The van der Waals surface area contributed by atoms with Gasteiger partial charge in [0, 0.05) is 36.1 Å². The van der Waals surface area contributed by atoms with E-state index in [4.69, 9.17) is 5.73 Å². The van der Waals surface area contributed by atoms with Gasteiger partial charge in [0.05, 0.1) is 11.4 Å². The fraction of sp³-hybridized carbons (Fsp3) is 0.400. The lowest BCUT2D eigenvalue weighted by atomic mass is 9.91. The Morgan fingerprint density at radius 2 is 1.82 bits per heavy atom. The summed E-state index contributed by atoms with van der Waals surface area (Å²) in [6.45, 7) is 4.22. The van der Waals surface area contributed by atoms with Crippen molar-refractivity contribution < 1.29 is 8.78 Å². The highest BCUT2D eigenvalue weighted by molar-refractivity contribution is 5.67. The standard InChI is InChI=1S/C25H29F2N7/c1-15(2)16-7-9-17(10-8-16)34-14-18(24(32-34)25(26)27)21-13-23-30-22(11-12-33(23)31-21)29-20-6-4-3-5-19(20)28/h7-15,19-20,25H,3-6,28H2,1-2H3,(H,29,30)/t19-,20+/m1/s1. The molecule has 0 bridgehead atoms. The Labute approximate surface area is 197 Å². The van der Waals surface area contributed by atoms with E-state index in [-0.39, 0.29) is 23.3 Å². The summed E-state index contributed by atoms with van der Waals surface area (Å²) in [5, 5.41) is 12.1. The van der Waals surface area contributed by atoms with Gasteiger partial charge in [0.2, 0.25) is 0 Å². The Bertz CT molecular complexity index is 1280. The van der Waals surface area contributed by atoms with E-state index in [1.54, 1.807) is 23.0 Å². The molecule has 5 rings (SSSR count). The Morgan fingerprint density at radius 3 is 2.53 bits per heavy atom. The predicted molar refractivity (Wildman–Crippen MR) is 128 cm³/mol. The van der Waals surface area contributed by atoms with E-state index in [0.29, 0.717) is 23.1 Å². The number of rotatable bonds is 6. The zero-order chi connectivity index (χ0) is 23.8. The quantitative estimate of drug-likeness (QED) is 0.402. The number of nitrogens with one attached hydrogen (secondary N) is 1. The maximum Gasteiger partial charge on any atom is 0.282 e. The number of nitrogens with two attached hydrogens (primary N) is 1. The first kappa shape index (κ1) is 22.5. The van der Waals surface area contributed by atoms with Crippen LogP contribution in [-0.2, 0) is 0 Å². The van der Waals surface area contributed by atoms with Gasteiger partial charge in [-0.1, -0.05) is 38.8 Å². The second kappa shape index (κ2) is 9.13. The first-order valence-corrected chi connectivity index (χ1v) is 11.8. The highest BCUT2D eigenvalue weighted by Gasteiger charge is 2.24. The average Bonchev–Trinajstić information content (AvgIpc) is 3.45. The largest absolute Gasteiger partial charge is 0.366 e. The highest BCUT2D eigenvalue weighted by atomic mass is 19.3. The van der Waals surface area contributed by atoms with Gasteiger partial charge in [-0.15, -0.1) is 0 Å². The molecule has 0 radical (unpaired) electrons. The number of nitrogens with zero attached hydrogens (tertiary/aromatic N) is 5. The fourth-order valence-electron chi connectivity index (χ4n) is 4.51. The molecule has 3 heterocycles. The van der Waals surface area contributed by atoms with Gasteiger partial charge >= 0.3 is 0 Å². The zero-order valence-corrected chi connectivity index (χ0v) is 19.3. The van der Waals surface area contributed by atoms with E-state index in [9.17, 15) is 8.78 Å². The average molecular weight is 466 g/mol. The van der Waals surface area contributed by atoms with Gasteiger partial charge in [0.1, 0.15) is 11.5 Å². The Kier molecular flexibility index (Phi) is 6.03. The summed E-state index contributed by atoms with van der Waals surface area (Å²) in [5.74, 6) is 1.09. The number of anilines is 1. The van der Waals surface area contributed by atoms with Gasteiger partial charge in [0.25, 0.3) is 6.43 Å². The molecule has 178 valence electrons. The van der Waals surface area contributed by atoms with Gasteiger partial charge in [0.15, 0.2) is 5.65 Å². The molecule has 1 aliphatic carbocycles. The van der Waals surface area contributed by atoms with Crippen molar-refractivity contribution in [2.75, 3.05) is 5.32 Å². The number of aromatic nitrogens is 5. The number of hydrogen-bond acceptors (Lipinski definition) is 5. The summed E-state index contributed by atoms with van der Waals surface area (Å²) in [7, 11) is 0. The van der Waals surface area contributed by atoms with Gasteiger partial charge in [-0.05, 0) is 42.5 Å². The molecule has 0 saturated heterocycles. The van der Waals surface area contributed by atoms with Gasteiger partial charge in [-0.3, -0.25) is 0 Å². The lowest BCUT2D eigenvalue weighted by Crippen LogP contribution is -2.42. The van der Waals surface area contributed by atoms with Crippen LogP contribution in [0.4, 0.5) is 14.6 Å². The van der Waals surface area contributed by atoms with Crippen LogP contribution in [0.5, 0.6) is 0 Å². The molecule has 2 atom stereocenters. The van der Waals surface area contributed by atoms with E-state index in [1.165, 1.54) is 10.2 Å². The molecule has 0 unspecified atom stereocenters. The molecule has 1 fully saturated rings. The van der Waals surface area contributed by atoms with Crippen molar-refractivity contribution in [3.63, 3.8) is 0 Å². The third-order valence-electron chi connectivity index (χ3n) is 6.53. The molecule has 0 spiro atoms. The lowest BCUT2D eigenvalue weighted by Gasteiger charge is -2.29. The molecule has 3 N–H and O–H groups in total. The molecular formula is C25H29F2N7. The van der Waals surface area contributed by atoms with Crippen molar-refractivity contribution in [2.45, 2.75) is 64.0 Å². The van der Waals surface area contributed by atoms with Crippen LogP contribution in [-0.4, -0.2) is 36.5 Å². The zero-order valence-electron chi connectivity index (χ0n) is 19.3. The Hall–Kier alpha value is -3.33. The monoisotopic (exact) mass is 465 g/mol. The maximum atomic E-state index is 13.9. The van der Waals surface area contributed by atoms with Crippen LogP contribution in [0.25, 0.3) is 22.6 Å². The van der Waals surface area contributed by atoms with E-state index >= 15 is 0 Å². The molecule has 7 nitrogen and oxygen atoms in total. The van der Waals surface area contributed by atoms with Gasteiger partial charge in [-0.2, -0.15) is 10.2 Å². The van der Waals surface area contributed by atoms with Crippen LogP contribution >= 0.6 is 0 Å². The van der Waals surface area contributed by atoms with Crippen molar-refractivity contribution in [1.29, 1.82) is 0 Å². The molecule has 9 heteroatoms. The molecule has 1 aromatic carbocycles. The van der Waals surface area contributed by atoms with E-state index < -0.39 is 6.43 Å². The molecule has 1 saturated carbocycles. The third kappa shape index (κ3) is 4.40. The molecule has 4 aromatic rings. The molecule has 0 aliphatic heterocycles. The normalized spacial score (nSPS) is 18.8. The smallest absolute Gasteiger partial charge is 0.282 e. The molecule has 1 aliphatic rings. The van der Waals surface area contributed by atoms with Gasteiger partial charge < -0.3 is 11.1 Å². The second-order valence-corrected chi connectivity index (χ2v) is 9.26. The van der Waals surface area contributed by atoms with Crippen molar-refractivity contribution >= 4 is 11.5 Å². The number of halogens is 2. The minimum Gasteiger partial charge on any atom is -0.366 e. The number of fused-ring (bicyclic) bond motifs is 1. The van der Waals surface area contributed by atoms with Crippen molar-refractivity contribution in [3.05, 3.63) is 60.0 Å². The summed E-state index contributed by atoms with van der Waals surface area (Å²) in [6.07, 6.45) is 4.96. The molecule has 34 heavy (non-hydrogen) atoms. The van der Waals surface area contributed by atoms with Crippen LogP contribution in [0.3, 0.4) is 0 Å². The van der Waals surface area contributed by atoms with E-state index in [0.717, 1.165) is 31.4 Å². The topological polar surface area (TPSA) is 86.1 Å². The summed E-state index contributed by atoms with van der Waals surface area (Å²) in [4.78, 5) is 4.63. The number of hydrogen-bond donors (Lipinski definition) is 2. The first-order chi connectivity index (χ1) is 16.4. The first-order valence-electron chi connectivity index (χ1n) is 11.8. The molecule has 3 aromatic heterocycles. The fourth-order valence-corrected chi connectivity index (χ4v) is 4.51. The predicted octanol–water partition coefficient (Wildman–Crippen LogP) is 5.32. The third-order valence-corrected chi connectivity index (χ3v) is 6.53.